The van der Waals surface area contributed by atoms with E-state index in [2.05, 4.69) is 5.32 Å². The number of alkyl halides is 2. The van der Waals surface area contributed by atoms with Crippen molar-refractivity contribution in [1.29, 1.82) is 0 Å². The van der Waals surface area contributed by atoms with Gasteiger partial charge < -0.3 is 10.4 Å². The van der Waals surface area contributed by atoms with Crippen molar-refractivity contribution in [2.75, 3.05) is 13.1 Å². The maximum Gasteiger partial charge on any atom is 0.290 e. The minimum Gasteiger partial charge on any atom is -0.372 e. The second-order valence-corrected chi connectivity index (χ2v) is 5.79. The molecule has 0 aromatic heterocycles. The molecule has 0 radical (unpaired) electrons. The third kappa shape index (κ3) is 3.96. The van der Waals surface area contributed by atoms with Gasteiger partial charge in [-0.05, 0) is 31.5 Å². The van der Waals surface area contributed by atoms with Gasteiger partial charge in [-0.15, -0.1) is 0 Å². The van der Waals surface area contributed by atoms with Crippen LogP contribution < -0.4 is 5.32 Å². The first-order valence-corrected chi connectivity index (χ1v) is 7.09. The van der Waals surface area contributed by atoms with Gasteiger partial charge in [-0.2, -0.15) is 0 Å². The molecule has 1 unspecified atom stereocenters. The smallest absolute Gasteiger partial charge is 0.290 e. The molecule has 1 aromatic rings. The average molecular weight is 302 g/mol. The van der Waals surface area contributed by atoms with Crippen LogP contribution in [0.5, 0.6) is 0 Å². The molecule has 1 fully saturated rings. The molecule has 1 aliphatic heterocycles. The van der Waals surface area contributed by atoms with E-state index in [1.54, 1.807) is 6.92 Å². The molecule has 1 saturated heterocycles. The van der Waals surface area contributed by atoms with Crippen LogP contribution in [0.3, 0.4) is 0 Å². The summed E-state index contributed by atoms with van der Waals surface area (Å²) in [4.78, 5) is 1.42. The van der Waals surface area contributed by atoms with Crippen molar-refractivity contribution in [2.45, 2.75) is 44.5 Å². The lowest BCUT2D eigenvalue weighted by molar-refractivity contribution is -0.189. The Morgan fingerprint density at radius 1 is 1.33 bits per heavy atom. The monoisotopic (exact) mass is 302 g/mol. The summed E-state index contributed by atoms with van der Waals surface area (Å²) in [6.45, 7) is 4.62. The van der Waals surface area contributed by atoms with Crippen molar-refractivity contribution in [1.82, 2.24) is 10.2 Å². The Kier molecular flexibility index (Phi) is 4.91. The van der Waals surface area contributed by atoms with Gasteiger partial charge in [0.1, 0.15) is 5.82 Å². The number of halogens is 3. The summed E-state index contributed by atoms with van der Waals surface area (Å²) in [6, 6.07) is 4.81. The third-order valence-corrected chi connectivity index (χ3v) is 3.86. The van der Waals surface area contributed by atoms with E-state index in [0.29, 0.717) is 18.7 Å². The SMILES string of the molecule is C[C@@H]1CN[C@@H](C)CN1C(O)C(F)(F)Cc1ccc(F)cc1. The van der Waals surface area contributed by atoms with Crippen LogP contribution in [0.25, 0.3) is 0 Å². The van der Waals surface area contributed by atoms with Crippen LogP contribution in [0.15, 0.2) is 24.3 Å². The number of nitrogens with one attached hydrogen (secondary N) is 1. The predicted molar refractivity (Wildman–Crippen MR) is 74.7 cm³/mol. The fourth-order valence-corrected chi connectivity index (χ4v) is 2.60. The highest BCUT2D eigenvalue weighted by Gasteiger charge is 2.44. The van der Waals surface area contributed by atoms with Crippen LogP contribution in [0.1, 0.15) is 19.4 Å². The normalized spacial score (nSPS) is 25.8. The van der Waals surface area contributed by atoms with E-state index in [-0.39, 0.29) is 12.1 Å². The molecule has 0 saturated carbocycles. The van der Waals surface area contributed by atoms with Crippen LogP contribution in [0.2, 0.25) is 0 Å². The van der Waals surface area contributed by atoms with E-state index in [0.717, 1.165) is 12.1 Å². The summed E-state index contributed by atoms with van der Waals surface area (Å²) in [5.74, 6) is -3.75. The van der Waals surface area contributed by atoms with Gasteiger partial charge in [0.05, 0.1) is 0 Å². The maximum atomic E-state index is 14.3. The van der Waals surface area contributed by atoms with Gasteiger partial charge in [0.25, 0.3) is 5.92 Å². The fourth-order valence-electron chi connectivity index (χ4n) is 2.60. The van der Waals surface area contributed by atoms with Crippen LogP contribution in [0.4, 0.5) is 13.2 Å². The van der Waals surface area contributed by atoms with Gasteiger partial charge in [0.2, 0.25) is 0 Å². The fraction of sp³-hybridized carbons (Fsp3) is 0.600. The molecule has 3 atom stereocenters. The Bertz CT molecular complexity index is 466. The molecule has 1 heterocycles. The lowest BCUT2D eigenvalue weighted by Crippen LogP contribution is -2.61. The number of benzene rings is 1. The summed E-state index contributed by atoms with van der Waals surface area (Å²) in [5, 5.41) is 13.3. The molecule has 0 amide bonds. The molecule has 0 spiro atoms. The lowest BCUT2D eigenvalue weighted by atomic mass is 10.0. The molecule has 3 nitrogen and oxygen atoms in total. The molecule has 1 aromatic carbocycles. The van der Waals surface area contributed by atoms with Gasteiger partial charge in [-0.25, -0.2) is 13.2 Å². The Morgan fingerprint density at radius 2 is 1.95 bits per heavy atom. The summed E-state index contributed by atoms with van der Waals surface area (Å²) in [6.07, 6.45) is -2.46. The van der Waals surface area contributed by atoms with E-state index in [9.17, 15) is 18.3 Å². The minimum atomic E-state index is -3.29. The standard InChI is InChI=1S/C15H21F3N2O/c1-10-9-20(11(2)8-19-10)14(21)15(17,18)7-12-3-5-13(16)6-4-12/h3-6,10-11,14,19,21H,7-9H2,1-2H3/t10-,11+,14?/m0/s1. The molecule has 0 aliphatic carbocycles. The number of hydrogen-bond donors (Lipinski definition) is 2. The summed E-state index contributed by atoms with van der Waals surface area (Å²) >= 11 is 0. The predicted octanol–water partition coefficient (Wildman–Crippen LogP) is 2.00. The Morgan fingerprint density at radius 3 is 2.57 bits per heavy atom. The van der Waals surface area contributed by atoms with Crippen molar-refractivity contribution >= 4 is 0 Å². The zero-order valence-electron chi connectivity index (χ0n) is 12.2. The molecule has 1 aliphatic rings. The maximum absolute atomic E-state index is 14.3. The molecule has 0 bridgehead atoms. The van der Waals surface area contributed by atoms with Crippen LogP contribution in [-0.2, 0) is 6.42 Å². The van der Waals surface area contributed by atoms with Crippen molar-refractivity contribution in [3.05, 3.63) is 35.6 Å². The summed E-state index contributed by atoms with van der Waals surface area (Å²) in [7, 11) is 0. The van der Waals surface area contributed by atoms with Gasteiger partial charge in [-0.3, -0.25) is 4.90 Å². The number of aliphatic hydroxyl groups is 1. The van der Waals surface area contributed by atoms with Gasteiger partial charge in [0.15, 0.2) is 6.23 Å². The molecular formula is C15H21F3N2O. The van der Waals surface area contributed by atoms with Crippen LogP contribution in [0, 0.1) is 5.82 Å². The highest BCUT2D eigenvalue weighted by Crippen LogP contribution is 2.28. The highest BCUT2D eigenvalue weighted by atomic mass is 19.3. The Balaban J connectivity index is 2.08. The largest absolute Gasteiger partial charge is 0.372 e. The second kappa shape index (κ2) is 6.34. The van der Waals surface area contributed by atoms with Gasteiger partial charge >= 0.3 is 0 Å². The Hall–Kier alpha value is -1.11. The summed E-state index contributed by atoms with van der Waals surface area (Å²) in [5.41, 5.74) is 0.302. The van der Waals surface area contributed by atoms with Crippen LogP contribution >= 0.6 is 0 Å². The van der Waals surface area contributed by atoms with E-state index in [1.807, 2.05) is 6.92 Å². The Labute approximate surface area is 122 Å². The molecule has 21 heavy (non-hydrogen) atoms. The van der Waals surface area contributed by atoms with E-state index >= 15 is 0 Å². The van der Waals surface area contributed by atoms with E-state index in [4.69, 9.17) is 0 Å². The number of nitrogens with zero attached hydrogens (tertiary/aromatic N) is 1. The first-order valence-electron chi connectivity index (χ1n) is 7.09. The summed E-state index contributed by atoms with van der Waals surface area (Å²) < 4.78 is 41.4. The van der Waals surface area contributed by atoms with E-state index in [1.165, 1.54) is 17.0 Å². The van der Waals surface area contributed by atoms with Crippen LogP contribution in [-0.4, -0.2) is 47.3 Å². The topological polar surface area (TPSA) is 35.5 Å². The zero-order chi connectivity index (χ0) is 15.6. The number of aliphatic hydroxyl groups excluding tert-OH is 1. The molecule has 2 rings (SSSR count). The lowest BCUT2D eigenvalue weighted by Gasteiger charge is -2.42. The third-order valence-electron chi connectivity index (χ3n) is 3.86. The highest BCUT2D eigenvalue weighted by molar-refractivity contribution is 5.18. The second-order valence-electron chi connectivity index (χ2n) is 5.79. The molecular weight excluding hydrogens is 281 g/mol. The molecule has 6 heteroatoms. The minimum absolute atomic E-state index is 0.0532. The van der Waals surface area contributed by atoms with Crippen molar-refractivity contribution < 1.29 is 18.3 Å². The average Bonchev–Trinajstić information content (AvgIpc) is 2.43. The van der Waals surface area contributed by atoms with Crippen molar-refractivity contribution in [3.8, 4) is 0 Å². The van der Waals surface area contributed by atoms with Gasteiger partial charge in [0, 0.05) is 31.6 Å². The molecule has 118 valence electrons. The zero-order valence-corrected chi connectivity index (χ0v) is 12.2. The number of piperazine rings is 1. The van der Waals surface area contributed by atoms with Gasteiger partial charge in [-0.1, -0.05) is 12.1 Å². The number of rotatable bonds is 4. The number of hydrogen-bond acceptors (Lipinski definition) is 3. The first-order chi connectivity index (χ1) is 9.79. The van der Waals surface area contributed by atoms with Crippen molar-refractivity contribution in [2.24, 2.45) is 0 Å². The van der Waals surface area contributed by atoms with E-state index < -0.39 is 24.4 Å². The quantitative estimate of drug-likeness (QED) is 0.893. The first kappa shape index (κ1) is 16.3. The van der Waals surface area contributed by atoms with Crippen molar-refractivity contribution in [3.63, 3.8) is 0 Å². The molecule has 2 N–H and O–H groups in total.